The van der Waals surface area contributed by atoms with Gasteiger partial charge < -0.3 is 15.0 Å². The van der Waals surface area contributed by atoms with Gasteiger partial charge in [0.05, 0.1) is 36.6 Å². The maximum absolute atomic E-state index is 14.3. The molecule has 2 saturated heterocycles. The number of halogens is 3. The number of sulfonamides is 1. The molecule has 234 valence electrons. The van der Waals surface area contributed by atoms with E-state index in [4.69, 9.17) is 4.74 Å². The van der Waals surface area contributed by atoms with Gasteiger partial charge in [-0.05, 0) is 31.5 Å². The fourth-order valence-electron chi connectivity index (χ4n) is 5.23. The van der Waals surface area contributed by atoms with Gasteiger partial charge in [0.25, 0.3) is 0 Å². The van der Waals surface area contributed by atoms with Gasteiger partial charge in [0, 0.05) is 58.2 Å². The van der Waals surface area contributed by atoms with Gasteiger partial charge in [-0.15, -0.1) is 5.10 Å². The highest BCUT2D eigenvalue weighted by Crippen LogP contribution is 2.38. The van der Waals surface area contributed by atoms with Crippen molar-refractivity contribution in [2.75, 3.05) is 69.0 Å². The number of aromatic nitrogens is 4. The van der Waals surface area contributed by atoms with Gasteiger partial charge in [-0.1, -0.05) is 0 Å². The number of fused-ring (bicyclic) bond motifs is 1. The van der Waals surface area contributed by atoms with E-state index >= 15 is 0 Å². The molecular weight excluding hydrogens is 591 g/mol. The molecule has 2 amide bonds. The number of hydrogen-bond donors (Lipinski definition) is 2. The van der Waals surface area contributed by atoms with Crippen LogP contribution in [0.2, 0.25) is 0 Å². The van der Waals surface area contributed by atoms with Crippen LogP contribution in [0.25, 0.3) is 16.9 Å². The summed E-state index contributed by atoms with van der Waals surface area (Å²) >= 11 is 0. The zero-order valence-corrected chi connectivity index (χ0v) is 24.9. The molecule has 0 radical (unpaired) electrons. The van der Waals surface area contributed by atoms with E-state index < -0.39 is 27.8 Å². The molecule has 0 bridgehead atoms. The normalized spacial score (nSPS) is 19.1. The molecule has 17 heteroatoms. The molecule has 13 nitrogen and oxygen atoms in total. The predicted octanol–water partition coefficient (Wildman–Crippen LogP) is 2.25. The average Bonchev–Trinajstić information content (AvgIpc) is 3.34. The summed E-state index contributed by atoms with van der Waals surface area (Å²) in [6, 6.07) is 1.92. The molecule has 43 heavy (non-hydrogen) atoms. The van der Waals surface area contributed by atoms with Crippen molar-refractivity contribution in [2.45, 2.75) is 32.6 Å². The molecule has 2 N–H and O–H groups in total. The Hall–Kier alpha value is -3.54. The summed E-state index contributed by atoms with van der Waals surface area (Å²) in [6.45, 7) is 7.63. The summed E-state index contributed by atoms with van der Waals surface area (Å²) in [4.78, 5) is 24.7. The lowest BCUT2D eigenvalue weighted by Crippen LogP contribution is -2.47. The molecule has 1 atom stereocenters. The number of anilines is 2. The first-order valence-corrected chi connectivity index (χ1v) is 15.7. The topological polar surface area (TPSA) is 137 Å². The lowest BCUT2D eigenvalue weighted by molar-refractivity contribution is -0.137. The van der Waals surface area contributed by atoms with E-state index in [2.05, 4.69) is 30.6 Å². The summed E-state index contributed by atoms with van der Waals surface area (Å²) in [5, 5.41) is 9.25. The van der Waals surface area contributed by atoms with Gasteiger partial charge in [0.15, 0.2) is 11.6 Å². The lowest BCUT2D eigenvalue weighted by Gasteiger charge is -2.34. The van der Waals surface area contributed by atoms with Crippen molar-refractivity contribution < 1.29 is 31.1 Å². The van der Waals surface area contributed by atoms with E-state index in [1.807, 2.05) is 17.9 Å². The second kappa shape index (κ2) is 12.2. The Morgan fingerprint density at radius 1 is 1.16 bits per heavy atom. The Kier molecular flexibility index (Phi) is 8.78. The Bertz CT molecular complexity index is 1590. The minimum atomic E-state index is -4.78. The maximum Gasteiger partial charge on any atom is 0.417 e. The number of amides is 2. The van der Waals surface area contributed by atoms with Crippen LogP contribution in [0.3, 0.4) is 0 Å². The van der Waals surface area contributed by atoms with Crippen molar-refractivity contribution >= 4 is 33.2 Å². The molecule has 0 aromatic carbocycles. The smallest absolute Gasteiger partial charge is 0.377 e. The number of carbonyl (C=O) groups is 1. The second-order valence-corrected chi connectivity index (χ2v) is 12.6. The van der Waals surface area contributed by atoms with Crippen LogP contribution in [0.1, 0.15) is 25.0 Å². The van der Waals surface area contributed by atoms with Crippen LogP contribution in [0.5, 0.6) is 0 Å². The van der Waals surface area contributed by atoms with E-state index in [1.54, 1.807) is 13.1 Å². The van der Waals surface area contributed by atoms with E-state index in [0.717, 1.165) is 17.8 Å². The predicted molar refractivity (Wildman–Crippen MR) is 153 cm³/mol. The minimum absolute atomic E-state index is 0.0911. The van der Waals surface area contributed by atoms with Crippen LogP contribution >= 0.6 is 0 Å². The van der Waals surface area contributed by atoms with Gasteiger partial charge in [0.2, 0.25) is 10.0 Å². The Labute approximate surface area is 247 Å². The second-order valence-electron chi connectivity index (χ2n) is 10.6. The molecule has 0 spiro atoms. The number of nitrogens with one attached hydrogen (secondary N) is 2. The first-order valence-electron chi connectivity index (χ1n) is 13.9. The van der Waals surface area contributed by atoms with Crippen LogP contribution in [-0.4, -0.2) is 108 Å². The van der Waals surface area contributed by atoms with Crippen molar-refractivity contribution in [1.29, 1.82) is 0 Å². The Morgan fingerprint density at radius 2 is 1.91 bits per heavy atom. The molecular formula is C26H34F3N9O4S. The zero-order chi connectivity index (χ0) is 30.9. The quantitative estimate of drug-likeness (QED) is 0.405. The van der Waals surface area contributed by atoms with Crippen molar-refractivity contribution in [3.8, 4) is 11.4 Å². The number of nitrogens with zero attached hydrogens (tertiary/aromatic N) is 7. The Balaban J connectivity index is 1.53. The molecule has 0 aliphatic carbocycles. The molecule has 2 fully saturated rings. The number of piperazine rings is 1. The fraction of sp³-hybridized carbons (Fsp3) is 0.538. The van der Waals surface area contributed by atoms with Crippen LogP contribution in [0, 0.1) is 0 Å². The van der Waals surface area contributed by atoms with Gasteiger partial charge in [0.1, 0.15) is 11.3 Å². The first kappa shape index (κ1) is 30.9. The number of carbonyl (C=O) groups excluding carboxylic acids is 1. The molecule has 5 heterocycles. The Morgan fingerprint density at radius 3 is 2.56 bits per heavy atom. The van der Waals surface area contributed by atoms with Gasteiger partial charge in [-0.25, -0.2) is 27.7 Å². The van der Waals surface area contributed by atoms with E-state index in [1.165, 1.54) is 15.1 Å². The standard InChI is InChI=1S/C26H34F3N9O4S/c1-4-30-25(39)32-22-12-20(26(27,28)29)19(13-31-22)23-33-24(37-9-10-42-16-17(37)2)21-11-18(15-38(21)34-23)14-35-5-7-36(8-6-35)43(3,40)41/h11-13,15,17H,4-10,14,16H2,1-3H3,(H2,30,31,32,39)/t17-/m0/s1. The molecule has 5 rings (SSSR count). The number of hydrogen-bond acceptors (Lipinski definition) is 9. The van der Waals surface area contributed by atoms with Crippen molar-refractivity contribution in [2.24, 2.45) is 0 Å². The third kappa shape index (κ3) is 7.00. The van der Waals surface area contributed by atoms with Crippen LogP contribution < -0.4 is 15.5 Å². The highest BCUT2D eigenvalue weighted by molar-refractivity contribution is 7.88. The molecule has 3 aromatic heterocycles. The number of ether oxygens (including phenoxy) is 1. The van der Waals surface area contributed by atoms with Gasteiger partial charge in [-0.2, -0.15) is 17.5 Å². The molecule has 0 unspecified atom stereocenters. The SMILES string of the molecule is CCNC(=O)Nc1cc(C(F)(F)F)c(-c2nc(N3CCOC[C@@H]3C)c3cc(CN4CCN(S(C)(=O)=O)CC4)cn3n2)cn1. The summed E-state index contributed by atoms with van der Waals surface area (Å²) in [5.74, 6) is 0.0328. The summed E-state index contributed by atoms with van der Waals surface area (Å²) < 4.78 is 75.2. The fourth-order valence-corrected chi connectivity index (χ4v) is 6.05. The molecule has 2 aliphatic rings. The highest BCUT2D eigenvalue weighted by Gasteiger charge is 2.36. The van der Waals surface area contributed by atoms with Crippen molar-refractivity contribution in [3.63, 3.8) is 0 Å². The largest absolute Gasteiger partial charge is 0.417 e. The van der Waals surface area contributed by atoms with Crippen molar-refractivity contribution in [3.05, 3.63) is 35.7 Å². The third-order valence-electron chi connectivity index (χ3n) is 7.38. The third-order valence-corrected chi connectivity index (χ3v) is 8.68. The maximum atomic E-state index is 14.3. The summed E-state index contributed by atoms with van der Waals surface area (Å²) in [7, 11) is -3.26. The molecule has 0 saturated carbocycles. The lowest BCUT2D eigenvalue weighted by atomic mass is 10.1. The zero-order valence-electron chi connectivity index (χ0n) is 24.1. The van der Waals surface area contributed by atoms with E-state index in [0.29, 0.717) is 70.4 Å². The van der Waals surface area contributed by atoms with E-state index in [-0.39, 0.29) is 23.2 Å². The number of rotatable bonds is 7. The number of morpholine rings is 1. The summed E-state index contributed by atoms with van der Waals surface area (Å²) in [6.07, 6.45) is -0.815. The number of pyridine rings is 1. The minimum Gasteiger partial charge on any atom is -0.377 e. The van der Waals surface area contributed by atoms with Gasteiger partial charge in [-0.3, -0.25) is 10.2 Å². The van der Waals surface area contributed by atoms with Crippen LogP contribution in [-0.2, 0) is 27.5 Å². The number of urea groups is 1. The molecule has 3 aromatic rings. The van der Waals surface area contributed by atoms with Gasteiger partial charge >= 0.3 is 12.2 Å². The monoisotopic (exact) mass is 625 g/mol. The number of alkyl halides is 3. The van der Waals surface area contributed by atoms with Crippen LogP contribution in [0.4, 0.5) is 29.6 Å². The highest BCUT2D eigenvalue weighted by atomic mass is 32.2. The van der Waals surface area contributed by atoms with Crippen LogP contribution in [0.15, 0.2) is 24.5 Å². The molecule has 2 aliphatic heterocycles. The van der Waals surface area contributed by atoms with E-state index in [9.17, 15) is 26.4 Å². The average molecular weight is 626 g/mol. The summed E-state index contributed by atoms with van der Waals surface area (Å²) in [5.41, 5.74) is 0.117. The van der Waals surface area contributed by atoms with Crippen molar-refractivity contribution in [1.82, 2.24) is 34.1 Å². The first-order chi connectivity index (χ1) is 20.3.